The fourth-order valence-corrected chi connectivity index (χ4v) is 1.49. The summed E-state index contributed by atoms with van der Waals surface area (Å²) in [6.45, 7) is -0.624. The van der Waals surface area contributed by atoms with Gasteiger partial charge in [0, 0.05) is 7.11 Å². The van der Waals surface area contributed by atoms with Crippen molar-refractivity contribution in [3.8, 4) is 0 Å². The highest BCUT2D eigenvalue weighted by atomic mass is 16.7. The third-order valence-corrected chi connectivity index (χ3v) is 2.41. The van der Waals surface area contributed by atoms with Gasteiger partial charge in [0.1, 0.15) is 30.5 Å². The Morgan fingerprint density at radius 1 is 1.20 bits per heavy atom. The van der Waals surface area contributed by atoms with Gasteiger partial charge in [-0.1, -0.05) is 0 Å². The van der Waals surface area contributed by atoms with Crippen molar-refractivity contribution in [1.29, 1.82) is 0 Å². The van der Waals surface area contributed by atoms with Gasteiger partial charge in [0.15, 0.2) is 6.29 Å². The van der Waals surface area contributed by atoms with E-state index in [1.807, 2.05) is 0 Å². The third-order valence-electron chi connectivity index (χ3n) is 2.41. The van der Waals surface area contributed by atoms with Crippen LogP contribution in [0.5, 0.6) is 0 Å². The van der Waals surface area contributed by atoms with Gasteiger partial charge >= 0.3 is 0 Å². The first-order valence-corrected chi connectivity index (χ1v) is 4.54. The standard InChI is InChI=1S/C8H16O7/c1-14-8-6(13)4(11)5(12)7(15-8)3(10)2-9/h3-13H,2H2,1H3/t3-,4-,5+,6-,7+,8+/m1/s1. The summed E-state index contributed by atoms with van der Waals surface area (Å²) < 4.78 is 9.70. The smallest absolute Gasteiger partial charge is 0.186 e. The van der Waals surface area contributed by atoms with E-state index in [-0.39, 0.29) is 0 Å². The Bertz CT molecular complexity index is 197. The number of aliphatic hydroxyl groups excluding tert-OH is 5. The molecule has 0 saturated carbocycles. The van der Waals surface area contributed by atoms with Crippen molar-refractivity contribution in [2.45, 2.75) is 36.8 Å². The molecule has 1 aliphatic rings. The maximum Gasteiger partial charge on any atom is 0.186 e. The molecular weight excluding hydrogens is 208 g/mol. The van der Waals surface area contributed by atoms with E-state index in [1.165, 1.54) is 7.11 Å². The zero-order chi connectivity index (χ0) is 11.6. The Morgan fingerprint density at radius 3 is 2.27 bits per heavy atom. The van der Waals surface area contributed by atoms with Crippen molar-refractivity contribution in [3.63, 3.8) is 0 Å². The van der Waals surface area contributed by atoms with E-state index in [2.05, 4.69) is 0 Å². The maximum atomic E-state index is 9.46. The number of aliphatic hydroxyl groups is 5. The summed E-state index contributed by atoms with van der Waals surface area (Å²) in [5.74, 6) is 0. The quantitative estimate of drug-likeness (QED) is 0.342. The summed E-state index contributed by atoms with van der Waals surface area (Å²) >= 11 is 0. The van der Waals surface area contributed by atoms with Crippen LogP contribution in [-0.2, 0) is 9.47 Å². The van der Waals surface area contributed by atoms with Gasteiger partial charge in [-0.2, -0.15) is 0 Å². The van der Waals surface area contributed by atoms with Gasteiger partial charge in [0.25, 0.3) is 0 Å². The van der Waals surface area contributed by atoms with Crippen molar-refractivity contribution in [2.75, 3.05) is 13.7 Å². The summed E-state index contributed by atoms with van der Waals surface area (Å²) in [6.07, 6.45) is -8.05. The molecule has 0 radical (unpaired) electrons. The van der Waals surface area contributed by atoms with E-state index < -0.39 is 43.4 Å². The number of hydrogen-bond acceptors (Lipinski definition) is 7. The van der Waals surface area contributed by atoms with E-state index >= 15 is 0 Å². The van der Waals surface area contributed by atoms with E-state index in [9.17, 15) is 20.4 Å². The lowest BCUT2D eigenvalue weighted by Crippen LogP contribution is -2.61. The first kappa shape index (κ1) is 12.8. The number of methoxy groups -OCH3 is 1. The van der Waals surface area contributed by atoms with Gasteiger partial charge < -0.3 is 35.0 Å². The first-order chi connectivity index (χ1) is 7.02. The third kappa shape index (κ3) is 2.45. The molecular formula is C8H16O7. The summed E-state index contributed by atoms with van der Waals surface area (Å²) in [7, 11) is 1.25. The van der Waals surface area contributed by atoms with Crippen molar-refractivity contribution < 1.29 is 35.0 Å². The maximum absolute atomic E-state index is 9.46. The van der Waals surface area contributed by atoms with Crippen LogP contribution in [0.2, 0.25) is 0 Å². The minimum atomic E-state index is -1.49. The van der Waals surface area contributed by atoms with Gasteiger partial charge in [-0.05, 0) is 0 Å². The molecule has 1 heterocycles. The SMILES string of the molecule is CO[C@H]1O[C@@H]([C@H](O)CO)[C@@H](O)[C@@H](O)[C@H]1O. The molecule has 0 bridgehead atoms. The molecule has 7 heteroatoms. The second kappa shape index (κ2) is 5.17. The molecule has 0 amide bonds. The largest absolute Gasteiger partial charge is 0.394 e. The molecule has 90 valence electrons. The second-order valence-electron chi connectivity index (χ2n) is 3.43. The average Bonchev–Trinajstić information content (AvgIpc) is 2.25. The summed E-state index contributed by atoms with van der Waals surface area (Å²) in [4.78, 5) is 0. The van der Waals surface area contributed by atoms with Gasteiger partial charge in [0.05, 0.1) is 6.61 Å². The molecule has 1 aliphatic heterocycles. The summed E-state index contributed by atoms with van der Waals surface area (Å²) in [5.41, 5.74) is 0. The predicted octanol–water partition coefficient (Wildman–Crippen LogP) is -3.21. The Labute approximate surface area is 86.5 Å². The van der Waals surface area contributed by atoms with Gasteiger partial charge in [0.2, 0.25) is 0 Å². The van der Waals surface area contributed by atoms with Crippen LogP contribution in [0.3, 0.4) is 0 Å². The van der Waals surface area contributed by atoms with Crippen molar-refractivity contribution in [3.05, 3.63) is 0 Å². The van der Waals surface area contributed by atoms with E-state index in [4.69, 9.17) is 14.6 Å². The van der Waals surface area contributed by atoms with Gasteiger partial charge in [-0.25, -0.2) is 0 Å². The number of ether oxygens (including phenoxy) is 2. The van der Waals surface area contributed by atoms with E-state index in [0.29, 0.717) is 0 Å². The van der Waals surface area contributed by atoms with Crippen LogP contribution < -0.4 is 0 Å². The van der Waals surface area contributed by atoms with Crippen LogP contribution in [0.1, 0.15) is 0 Å². The van der Waals surface area contributed by atoms with Crippen LogP contribution in [0.15, 0.2) is 0 Å². The molecule has 0 spiro atoms. The molecule has 0 aromatic rings. The van der Waals surface area contributed by atoms with Gasteiger partial charge in [-0.3, -0.25) is 0 Å². The van der Waals surface area contributed by atoms with Crippen LogP contribution in [-0.4, -0.2) is 76.1 Å². The highest BCUT2D eigenvalue weighted by Gasteiger charge is 2.46. The Morgan fingerprint density at radius 2 is 1.80 bits per heavy atom. The summed E-state index contributed by atoms with van der Waals surface area (Å²) in [6, 6.07) is 0. The molecule has 0 aliphatic carbocycles. The minimum absolute atomic E-state index is 0.624. The van der Waals surface area contributed by atoms with Crippen LogP contribution in [0, 0.1) is 0 Å². The van der Waals surface area contributed by atoms with E-state index in [0.717, 1.165) is 0 Å². The molecule has 1 saturated heterocycles. The molecule has 5 N–H and O–H groups in total. The predicted molar refractivity (Wildman–Crippen MR) is 46.8 cm³/mol. The zero-order valence-corrected chi connectivity index (χ0v) is 8.22. The monoisotopic (exact) mass is 224 g/mol. The molecule has 6 atom stereocenters. The van der Waals surface area contributed by atoms with Crippen LogP contribution in [0.25, 0.3) is 0 Å². The summed E-state index contributed by atoms with van der Waals surface area (Å²) in [5, 5.41) is 46.2. The fraction of sp³-hybridized carbons (Fsp3) is 1.00. The van der Waals surface area contributed by atoms with Gasteiger partial charge in [-0.15, -0.1) is 0 Å². The van der Waals surface area contributed by atoms with Crippen LogP contribution in [0.4, 0.5) is 0 Å². The molecule has 0 aromatic heterocycles. The molecule has 1 fully saturated rings. The molecule has 15 heavy (non-hydrogen) atoms. The Kier molecular flexibility index (Phi) is 4.41. The normalized spacial score (nSPS) is 44.0. The first-order valence-electron chi connectivity index (χ1n) is 4.54. The highest BCUT2D eigenvalue weighted by Crippen LogP contribution is 2.23. The zero-order valence-electron chi connectivity index (χ0n) is 8.22. The van der Waals surface area contributed by atoms with Crippen molar-refractivity contribution in [1.82, 2.24) is 0 Å². The van der Waals surface area contributed by atoms with Crippen molar-refractivity contribution >= 4 is 0 Å². The van der Waals surface area contributed by atoms with Crippen molar-refractivity contribution in [2.24, 2.45) is 0 Å². The topological polar surface area (TPSA) is 120 Å². The molecule has 1 rings (SSSR count). The molecule has 0 unspecified atom stereocenters. The molecule has 7 nitrogen and oxygen atoms in total. The Balaban J connectivity index is 2.74. The number of rotatable bonds is 3. The lowest BCUT2D eigenvalue weighted by Gasteiger charge is -2.41. The second-order valence-corrected chi connectivity index (χ2v) is 3.43. The van der Waals surface area contributed by atoms with E-state index in [1.54, 1.807) is 0 Å². The minimum Gasteiger partial charge on any atom is -0.394 e. The Hall–Kier alpha value is -0.280. The molecule has 0 aromatic carbocycles. The van der Waals surface area contributed by atoms with Crippen LogP contribution >= 0.6 is 0 Å². The lowest BCUT2D eigenvalue weighted by molar-refractivity contribution is -0.305. The lowest BCUT2D eigenvalue weighted by atomic mass is 9.95. The number of hydrogen-bond donors (Lipinski definition) is 5. The average molecular weight is 224 g/mol. The fourth-order valence-electron chi connectivity index (χ4n) is 1.49. The highest BCUT2D eigenvalue weighted by molar-refractivity contribution is 4.92.